The van der Waals surface area contributed by atoms with Crippen LogP contribution in [-0.2, 0) is 6.54 Å². The third-order valence-corrected chi connectivity index (χ3v) is 3.44. The number of hydrogen-bond donors (Lipinski definition) is 0. The highest BCUT2D eigenvalue weighted by Crippen LogP contribution is 2.18. The summed E-state index contributed by atoms with van der Waals surface area (Å²) in [7, 11) is 0. The number of halogens is 1. The van der Waals surface area contributed by atoms with Crippen molar-refractivity contribution in [2.24, 2.45) is 11.8 Å². The Labute approximate surface area is 131 Å². The minimum atomic E-state index is 0.145. The van der Waals surface area contributed by atoms with Crippen LogP contribution in [-0.4, -0.2) is 28.5 Å². The molecular weight excluding hydrogens is 316 g/mol. The highest BCUT2D eigenvalue weighted by molar-refractivity contribution is 9.10. The average molecular weight is 343 g/mol. The largest absolute Gasteiger partial charge is 0.342 e. The van der Waals surface area contributed by atoms with E-state index in [9.17, 15) is 4.79 Å². The van der Waals surface area contributed by atoms with Gasteiger partial charge >= 0.3 is 0 Å². The van der Waals surface area contributed by atoms with E-state index in [-0.39, 0.29) is 5.91 Å². The number of carbonyl (C=O) groups excluding carboxylic acids is 1. The molecular formula is C16H27BrN2O. The molecule has 0 atom stereocenters. The molecule has 1 amide bonds. The van der Waals surface area contributed by atoms with Crippen LogP contribution in [0.5, 0.6) is 0 Å². The van der Waals surface area contributed by atoms with Crippen LogP contribution in [0.25, 0.3) is 0 Å². The van der Waals surface area contributed by atoms with Gasteiger partial charge in [-0.25, -0.2) is 0 Å². The first-order valence-electron chi connectivity index (χ1n) is 7.50. The van der Waals surface area contributed by atoms with Gasteiger partial charge in [-0.2, -0.15) is 0 Å². The third kappa shape index (κ3) is 4.97. The summed E-state index contributed by atoms with van der Waals surface area (Å²) in [4.78, 5) is 14.8. The summed E-state index contributed by atoms with van der Waals surface area (Å²) in [6, 6.07) is 1.94. The molecule has 1 aromatic rings. The molecule has 3 nitrogen and oxygen atoms in total. The molecule has 20 heavy (non-hydrogen) atoms. The molecule has 0 aliphatic heterocycles. The van der Waals surface area contributed by atoms with Gasteiger partial charge in [0.2, 0.25) is 0 Å². The number of rotatable bonds is 7. The van der Waals surface area contributed by atoms with Crippen molar-refractivity contribution < 1.29 is 4.79 Å². The normalized spacial score (nSPS) is 11.4. The van der Waals surface area contributed by atoms with Crippen LogP contribution in [0.2, 0.25) is 0 Å². The molecule has 1 aromatic heterocycles. The summed E-state index contributed by atoms with van der Waals surface area (Å²) >= 11 is 3.48. The van der Waals surface area contributed by atoms with Gasteiger partial charge in [0.1, 0.15) is 5.69 Å². The van der Waals surface area contributed by atoms with Gasteiger partial charge in [-0.05, 0) is 40.3 Å². The van der Waals surface area contributed by atoms with Crippen LogP contribution in [0.3, 0.4) is 0 Å². The monoisotopic (exact) mass is 342 g/mol. The van der Waals surface area contributed by atoms with Crippen LogP contribution in [0.1, 0.15) is 51.5 Å². The molecule has 0 bridgehead atoms. The summed E-state index contributed by atoms with van der Waals surface area (Å²) in [5.41, 5.74) is 0.792. The van der Waals surface area contributed by atoms with Crippen molar-refractivity contribution >= 4 is 21.8 Å². The molecule has 0 aliphatic carbocycles. The van der Waals surface area contributed by atoms with Crippen LogP contribution < -0.4 is 0 Å². The highest BCUT2D eigenvalue weighted by Gasteiger charge is 2.21. The zero-order valence-corrected chi connectivity index (χ0v) is 14.9. The van der Waals surface area contributed by atoms with Crippen LogP contribution in [0.15, 0.2) is 16.7 Å². The minimum absolute atomic E-state index is 0.145. The lowest BCUT2D eigenvalue weighted by Crippen LogP contribution is -2.38. The molecule has 0 radical (unpaired) electrons. The number of aromatic nitrogens is 1. The van der Waals surface area contributed by atoms with E-state index in [4.69, 9.17) is 0 Å². The second-order valence-corrected chi connectivity index (χ2v) is 7.15. The van der Waals surface area contributed by atoms with Gasteiger partial charge in [-0.3, -0.25) is 4.79 Å². The quantitative estimate of drug-likeness (QED) is 0.720. The second kappa shape index (κ2) is 7.87. The van der Waals surface area contributed by atoms with E-state index in [0.29, 0.717) is 11.8 Å². The Hall–Kier alpha value is -0.770. The fraction of sp³-hybridized carbons (Fsp3) is 0.688. The van der Waals surface area contributed by atoms with Crippen LogP contribution >= 0.6 is 15.9 Å². The molecule has 0 aliphatic rings. The number of amides is 1. The third-order valence-electron chi connectivity index (χ3n) is 3.01. The molecule has 0 unspecified atom stereocenters. The molecule has 0 fully saturated rings. The van der Waals surface area contributed by atoms with Gasteiger partial charge in [0.05, 0.1) is 0 Å². The Morgan fingerprint density at radius 2 is 1.80 bits per heavy atom. The number of hydrogen-bond acceptors (Lipinski definition) is 1. The number of aryl methyl sites for hydroxylation is 1. The summed E-state index contributed by atoms with van der Waals surface area (Å²) in [5.74, 6) is 1.11. The van der Waals surface area contributed by atoms with Crippen molar-refractivity contribution in [3.63, 3.8) is 0 Å². The first-order chi connectivity index (χ1) is 9.35. The predicted molar refractivity (Wildman–Crippen MR) is 88.0 cm³/mol. The van der Waals surface area contributed by atoms with E-state index in [2.05, 4.69) is 55.1 Å². The van der Waals surface area contributed by atoms with Crippen LogP contribution in [0, 0.1) is 11.8 Å². The van der Waals surface area contributed by atoms with Crippen LogP contribution in [0.4, 0.5) is 0 Å². The van der Waals surface area contributed by atoms with E-state index >= 15 is 0 Å². The van der Waals surface area contributed by atoms with Gasteiger partial charge in [-0.1, -0.05) is 34.6 Å². The fourth-order valence-corrected chi connectivity index (χ4v) is 2.83. The Morgan fingerprint density at radius 3 is 2.25 bits per heavy atom. The summed E-state index contributed by atoms with van der Waals surface area (Å²) in [5, 5.41) is 0. The topological polar surface area (TPSA) is 25.2 Å². The maximum atomic E-state index is 12.8. The molecule has 0 aromatic carbocycles. The van der Waals surface area contributed by atoms with Crippen molar-refractivity contribution in [2.45, 2.75) is 47.6 Å². The summed E-state index contributed by atoms with van der Waals surface area (Å²) < 4.78 is 3.03. The lowest BCUT2D eigenvalue weighted by molar-refractivity contribution is 0.0704. The molecule has 0 saturated carbocycles. The average Bonchev–Trinajstić information content (AvgIpc) is 2.68. The lowest BCUT2D eigenvalue weighted by Gasteiger charge is -2.26. The predicted octanol–water partition coefficient (Wildman–Crippen LogP) is 4.41. The highest BCUT2D eigenvalue weighted by atomic mass is 79.9. The van der Waals surface area contributed by atoms with Crippen molar-refractivity contribution in [2.75, 3.05) is 13.1 Å². The van der Waals surface area contributed by atoms with E-state index in [1.165, 1.54) is 0 Å². The smallest absolute Gasteiger partial charge is 0.270 e. The Bertz CT molecular complexity index is 428. The standard InChI is InChI=1S/C16H27BrN2O/c1-6-7-18-11-14(17)8-15(18)16(20)19(9-12(2)3)10-13(4)5/h8,11-13H,6-7,9-10H2,1-5H3. The zero-order valence-electron chi connectivity index (χ0n) is 13.3. The van der Waals surface area contributed by atoms with Gasteiger partial charge < -0.3 is 9.47 Å². The number of carbonyl (C=O) groups is 1. The molecule has 0 spiro atoms. The van der Waals surface area contributed by atoms with Crippen molar-refractivity contribution in [3.8, 4) is 0 Å². The van der Waals surface area contributed by atoms with Gasteiger partial charge in [-0.15, -0.1) is 0 Å². The van der Waals surface area contributed by atoms with Crippen molar-refractivity contribution in [1.82, 2.24) is 9.47 Å². The maximum absolute atomic E-state index is 12.8. The molecule has 114 valence electrons. The van der Waals surface area contributed by atoms with Gasteiger partial charge in [0, 0.05) is 30.3 Å². The number of nitrogens with zero attached hydrogens (tertiary/aromatic N) is 2. The summed E-state index contributed by atoms with van der Waals surface area (Å²) in [6.45, 7) is 13.2. The van der Waals surface area contributed by atoms with E-state index < -0.39 is 0 Å². The molecule has 1 rings (SSSR count). The van der Waals surface area contributed by atoms with Gasteiger partial charge in [0.15, 0.2) is 0 Å². The minimum Gasteiger partial charge on any atom is -0.342 e. The Morgan fingerprint density at radius 1 is 1.25 bits per heavy atom. The maximum Gasteiger partial charge on any atom is 0.270 e. The first kappa shape index (κ1) is 17.3. The summed E-state index contributed by atoms with van der Waals surface area (Å²) in [6.07, 6.45) is 3.02. The van der Waals surface area contributed by atoms with E-state index in [1.807, 2.05) is 17.2 Å². The molecule has 0 saturated heterocycles. The molecule has 0 N–H and O–H groups in total. The van der Waals surface area contributed by atoms with E-state index in [0.717, 1.165) is 36.2 Å². The molecule has 1 heterocycles. The lowest BCUT2D eigenvalue weighted by atomic mass is 10.1. The molecule has 4 heteroatoms. The van der Waals surface area contributed by atoms with Crippen molar-refractivity contribution in [3.05, 3.63) is 22.4 Å². The first-order valence-corrected chi connectivity index (χ1v) is 8.29. The Balaban J connectivity index is 2.98. The second-order valence-electron chi connectivity index (χ2n) is 6.23. The van der Waals surface area contributed by atoms with Crippen molar-refractivity contribution in [1.29, 1.82) is 0 Å². The van der Waals surface area contributed by atoms with Gasteiger partial charge in [0.25, 0.3) is 5.91 Å². The fourth-order valence-electron chi connectivity index (χ4n) is 2.36. The zero-order chi connectivity index (χ0) is 15.3. The Kier molecular flexibility index (Phi) is 6.80. The SMILES string of the molecule is CCCn1cc(Br)cc1C(=O)N(CC(C)C)CC(C)C. The van der Waals surface area contributed by atoms with E-state index in [1.54, 1.807) is 0 Å².